The summed E-state index contributed by atoms with van der Waals surface area (Å²) >= 11 is 1.68. The molecule has 2 aromatic heterocycles. The zero-order valence-electron chi connectivity index (χ0n) is 9.91. The van der Waals surface area contributed by atoms with Crippen LogP contribution < -0.4 is 5.32 Å². The zero-order valence-corrected chi connectivity index (χ0v) is 10.7. The number of nitrogens with zero attached hydrogens (tertiary/aromatic N) is 1. The van der Waals surface area contributed by atoms with E-state index in [0.29, 0.717) is 6.42 Å². The Kier molecular flexibility index (Phi) is 3.58. The Morgan fingerprint density at radius 2 is 2.35 bits per heavy atom. The smallest absolute Gasteiger partial charge is 0.224 e. The Bertz CT molecular complexity index is 482. The zero-order chi connectivity index (χ0) is 12.3. The predicted molar refractivity (Wildman–Crippen MR) is 69.3 cm³/mol. The van der Waals surface area contributed by atoms with Crippen molar-refractivity contribution in [2.75, 3.05) is 5.32 Å². The number of hydrogen-bond donors (Lipinski definition) is 2. The summed E-state index contributed by atoms with van der Waals surface area (Å²) in [5, 5.41) is 11.8. The first kappa shape index (κ1) is 11.9. The Balaban J connectivity index is 1.89. The summed E-state index contributed by atoms with van der Waals surface area (Å²) in [6.45, 7) is 3.77. The van der Waals surface area contributed by atoms with Gasteiger partial charge in [-0.05, 0) is 31.7 Å². The molecule has 2 N–H and O–H groups in total. The number of amides is 1. The molecule has 0 radical (unpaired) electrons. The van der Waals surface area contributed by atoms with Gasteiger partial charge in [-0.2, -0.15) is 5.10 Å². The number of H-pyrrole nitrogens is 1. The molecular weight excluding hydrogens is 234 g/mol. The van der Waals surface area contributed by atoms with Gasteiger partial charge in [0.15, 0.2) is 0 Å². The molecule has 2 heterocycles. The topological polar surface area (TPSA) is 57.8 Å². The van der Waals surface area contributed by atoms with Crippen molar-refractivity contribution >= 4 is 22.9 Å². The molecule has 0 aromatic carbocycles. The van der Waals surface area contributed by atoms with Gasteiger partial charge in [0.25, 0.3) is 0 Å². The minimum atomic E-state index is 0.0333. The summed E-state index contributed by atoms with van der Waals surface area (Å²) < 4.78 is 0. The number of thiophene rings is 1. The van der Waals surface area contributed by atoms with E-state index in [1.165, 1.54) is 4.88 Å². The van der Waals surface area contributed by atoms with Crippen LogP contribution in [0, 0.1) is 13.8 Å². The van der Waals surface area contributed by atoms with Gasteiger partial charge in [0.2, 0.25) is 5.91 Å². The molecule has 90 valence electrons. The highest BCUT2D eigenvalue weighted by Crippen LogP contribution is 2.17. The van der Waals surface area contributed by atoms with Crippen molar-refractivity contribution in [3.8, 4) is 0 Å². The SMILES string of the molecule is Cc1n[nH]c(C)c1NC(=O)CCc1cccs1. The lowest BCUT2D eigenvalue weighted by molar-refractivity contribution is -0.116. The van der Waals surface area contributed by atoms with E-state index in [9.17, 15) is 4.79 Å². The highest BCUT2D eigenvalue weighted by Gasteiger charge is 2.10. The quantitative estimate of drug-likeness (QED) is 0.875. The van der Waals surface area contributed by atoms with Crippen molar-refractivity contribution in [3.63, 3.8) is 0 Å². The van der Waals surface area contributed by atoms with Crippen LogP contribution in [0.25, 0.3) is 0 Å². The third kappa shape index (κ3) is 2.94. The first-order valence-corrected chi connectivity index (χ1v) is 6.38. The Labute approximate surface area is 104 Å². The molecule has 2 rings (SSSR count). The van der Waals surface area contributed by atoms with Crippen molar-refractivity contribution in [3.05, 3.63) is 33.8 Å². The number of carbonyl (C=O) groups is 1. The van der Waals surface area contributed by atoms with Gasteiger partial charge in [-0.25, -0.2) is 0 Å². The first-order chi connectivity index (χ1) is 8.16. The van der Waals surface area contributed by atoms with Gasteiger partial charge in [-0.3, -0.25) is 9.89 Å². The van der Waals surface area contributed by atoms with E-state index >= 15 is 0 Å². The van der Waals surface area contributed by atoms with Crippen molar-refractivity contribution in [1.82, 2.24) is 10.2 Å². The lowest BCUT2D eigenvalue weighted by Crippen LogP contribution is -2.13. The summed E-state index contributed by atoms with van der Waals surface area (Å²) in [5.74, 6) is 0.0333. The lowest BCUT2D eigenvalue weighted by atomic mass is 10.2. The second-order valence-corrected chi connectivity index (χ2v) is 4.97. The van der Waals surface area contributed by atoms with Crippen LogP contribution in [0.4, 0.5) is 5.69 Å². The van der Waals surface area contributed by atoms with Crippen LogP contribution in [0.15, 0.2) is 17.5 Å². The van der Waals surface area contributed by atoms with Gasteiger partial charge in [-0.15, -0.1) is 11.3 Å². The van der Waals surface area contributed by atoms with Crippen LogP contribution in [0.1, 0.15) is 22.7 Å². The predicted octanol–water partition coefficient (Wildman–Crippen LogP) is 2.66. The fourth-order valence-corrected chi connectivity index (χ4v) is 2.34. The largest absolute Gasteiger partial charge is 0.323 e. The number of aromatic nitrogens is 2. The van der Waals surface area contributed by atoms with Crippen LogP contribution in [0.3, 0.4) is 0 Å². The number of anilines is 1. The lowest BCUT2D eigenvalue weighted by Gasteiger charge is -2.04. The highest BCUT2D eigenvalue weighted by atomic mass is 32.1. The minimum Gasteiger partial charge on any atom is -0.323 e. The standard InChI is InChI=1S/C12H15N3OS/c1-8-12(9(2)15-14-8)13-11(16)6-5-10-4-3-7-17-10/h3-4,7H,5-6H2,1-2H3,(H,13,16)(H,14,15). The number of aromatic amines is 1. The summed E-state index contributed by atoms with van der Waals surface area (Å²) in [6, 6.07) is 4.05. The molecule has 4 nitrogen and oxygen atoms in total. The monoisotopic (exact) mass is 249 g/mol. The van der Waals surface area contributed by atoms with Crippen molar-refractivity contribution in [2.45, 2.75) is 26.7 Å². The van der Waals surface area contributed by atoms with Gasteiger partial charge in [0, 0.05) is 11.3 Å². The van der Waals surface area contributed by atoms with Gasteiger partial charge in [-0.1, -0.05) is 6.07 Å². The number of nitrogens with one attached hydrogen (secondary N) is 2. The van der Waals surface area contributed by atoms with E-state index in [1.807, 2.05) is 31.4 Å². The van der Waals surface area contributed by atoms with E-state index in [-0.39, 0.29) is 5.91 Å². The Morgan fingerprint density at radius 1 is 1.53 bits per heavy atom. The normalized spacial score (nSPS) is 10.5. The molecule has 0 bridgehead atoms. The fourth-order valence-electron chi connectivity index (χ4n) is 1.63. The third-order valence-electron chi connectivity index (χ3n) is 2.57. The molecule has 0 aliphatic carbocycles. The number of carbonyl (C=O) groups excluding carboxylic acids is 1. The van der Waals surface area contributed by atoms with Gasteiger partial charge < -0.3 is 5.32 Å². The van der Waals surface area contributed by atoms with Crippen molar-refractivity contribution in [1.29, 1.82) is 0 Å². The molecule has 0 aliphatic rings. The fraction of sp³-hybridized carbons (Fsp3) is 0.333. The third-order valence-corrected chi connectivity index (χ3v) is 3.51. The second kappa shape index (κ2) is 5.14. The molecule has 5 heteroatoms. The molecular formula is C12H15N3OS. The molecule has 17 heavy (non-hydrogen) atoms. The average molecular weight is 249 g/mol. The Hall–Kier alpha value is -1.62. The van der Waals surface area contributed by atoms with Crippen molar-refractivity contribution < 1.29 is 4.79 Å². The number of aryl methyl sites for hydroxylation is 3. The number of rotatable bonds is 4. The highest BCUT2D eigenvalue weighted by molar-refractivity contribution is 7.09. The molecule has 1 amide bonds. The van der Waals surface area contributed by atoms with Crippen LogP contribution in [0.5, 0.6) is 0 Å². The van der Waals surface area contributed by atoms with E-state index in [2.05, 4.69) is 15.5 Å². The van der Waals surface area contributed by atoms with E-state index in [4.69, 9.17) is 0 Å². The van der Waals surface area contributed by atoms with Gasteiger partial charge in [0.05, 0.1) is 17.1 Å². The van der Waals surface area contributed by atoms with Crippen molar-refractivity contribution in [2.24, 2.45) is 0 Å². The molecule has 0 aliphatic heterocycles. The molecule has 0 fully saturated rings. The molecule has 0 saturated heterocycles. The van der Waals surface area contributed by atoms with Crippen LogP contribution in [0.2, 0.25) is 0 Å². The van der Waals surface area contributed by atoms with Crippen LogP contribution in [-0.4, -0.2) is 16.1 Å². The molecule has 0 unspecified atom stereocenters. The van der Waals surface area contributed by atoms with E-state index in [1.54, 1.807) is 11.3 Å². The maximum Gasteiger partial charge on any atom is 0.224 e. The van der Waals surface area contributed by atoms with E-state index < -0.39 is 0 Å². The molecule has 2 aromatic rings. The second-order valence-electron chi connectivity index (χ2n) is 3.94. The first-order valence-electron chi connectivity index (χ1n) is 5.50. The van der Waals surface area contributed by atoms with Gasteiger partial charge >= 0.3 is 0 Å². The molecule has 0 saturated carbocycles. The molecule has 0 atom stereocenters. The minimum absolute atomic E-state index is 0.0333. The van der Waals surface area contributed by atoms with Crippen LogP contribution >= 0.6 is 11.3 Å². The summed E-state index contributed by atoms with van der Waals surface area (Å²) in [6.07, 6.45) is 1.30. The summed E-state index contributed by atoms with van der Waals surface area (Å²) in [7, 11) is 0. The van der Waals surface area contributed by atoms with E-state index in [0.717, 1.165) is 23.5 Å². The summed E-state index contributed by atoms with van der Waals surface area (Å²) in [5.41, 5.74) is 2.53. The van der Waals surface area contributed by atoms with Crippen LogP contribution in [-0.2, 0) is 11.2 Å². The maximum absolute atomic E-state index is 11.8. The Morgan fingerprint density at radius 3 is 2.94 bits per heavy atom. The number of hydrogen-bond acceptors (Lipinski definition) is 3. The van der Waals surface area contributed by atoms with Gasteiger partial charge in [0.1, 0.15) is 0 Å². The summed E-state index contributed by atoms with van der Waals surface area (Å²) in [4.78, 5) is 13.0. The molecule has 0 spiro atoms. The average Bonchev–Trinajstić information content (AvgIpc) is 2.91. The maximum atomic E-state index is 11.8.